The van der Waals surface area contributed by atoms with E-state index in [1.807, 2.05) is 11.0 Å². The van der Waals surface area contributed by atoms with Crippen LogP contribution in [0.4, 0.5) is 5.69 Å². The van der Waals surface area contributed by atoms with E-state index in [1.54, 1.807) is 37.0 Å². The van der Waals surface area contributed by atoms with E-state index in [2.05, 4.69) is 0 Å². The maximum atomic E-state index is 12.5. The quantitative estimate of drug-likeness (QED) is 0.654. The Bertz CT molecular complexity index is 893. The van der Waals surface area contributed by atoms with Crippen LogP contribution in [0.2, 0.25) is 0 Å². The highest BCUT2D eigenvalue weighted by Gasteiger charge is 2.32. The number of fused-ring (bicyclic) bond motifs is 1. The van der Waals surface area contributed by atoms with Gasteiger partial charge < -0.3 is 15.1 Å². The zero-order valence-electron chi connectivity index (χ0n) is 12.9. The molecule has 9 heteroatoms. The van der Waals surface area contributed by atoms with Crippen molar-refractivity contribution in [1.29, 1.82) is 0 Å². The molecule has 0 saturated carbocycles. The fourth-order valence-corrected chi connectivity index (χ4v) is 3.68. The number of hydrogen-bond donors (Lipinski definition) is 3. The molecule has 0 aliphatic rings. The molecule has 0 bridgehead atoms. The van der Waals surface area contributed by atoms with Crippen molar-refractivity contribution < 1.29 is 28.2 Å². The van der Waals surface area contributed by atoms with E-state index < -0.39 is 28.0 Å². The van der Waals surface area contributed by atoms with E-state index in [9.17, 15) is 18.0 Å². The largest absolute Gasteiger partial charge is 0.480 e. The molecule has 0 aliphatic carbocycles. The third-order valence-electron chi connectivity index (χ3n) is 3.40. The van der Waals surface area contributed by atoms with E-state index in [1.165, 1.54) is 12.1 Å². The topological polar surface area (TPSA) is 124 Å². The predicted molar refractivity (Wildman–Crippen MR) is 87.7 cm³/mol. The molecule has 0 spiro atoms. The summed E-state index contributed by atoms with van der Waals surface area (Å²) in [6.07, 6.45) is 0. The number of aliphatic carboxylic acids is 2. The summed E-state index contributed by atoms with van der Waals surface area (Å²) in [6.45, 7) is 0. The van der Waals surface area contributed by atoms with Crippen molar-refractivity contribution >= 4 is 38.4 Å². The summed E-state index contributed by atoms with van der Waals surface area (Å²) in [6, 6.07) is 7.34. The molecule has 0 aromatic heterocycles. The maximum absolute atomic E-state index is 12.5. The van der Waals surface area contributed by atoms with Gasteiger partial charge >= 0.3 is 11.9 Å². The molecule has 0 fully saturated rings. The molecule has 2 rings (SSSR count). The van der Waals surface area contributed by atoms with Crippen molar-refractivity contribution in [2.75, 3.05) is 19.0 Å². The van der Waals surface area contributed by atoms with Crippen LogP contribution in [0.15, 0.2) is 41.3 Å². The molecule has 2 aromatic carbocycles. The van der Waals surface area contributed by atoms with Gasteiger partial charge in [-0.05, 0) is 12.1 Å². The zero-order chi connectivity index (χ0) is 18.1. The summed E-state index contributed by atoms with van der Waals surface area (Å²) in [7, 11) is -0.739. The molecule has 0 radical (unpaired) electrons. The number of carboxylic acids is 2. The monoisotopic (exact) mass is 352 g/mol. The number of sulfonamides is 1. The summed E-state index contributed by atoms with van der Waals surface area (Å²) in [5, 5.41) is 18.8. The lowest BCUT2D eigenvalue weighted by molar-refractivity contribution is -0.150. The van der Waals surface area contributed by atoms with E-state index in [0.29, 0.717) is 10.8 Å². The standard InChI is InChI=1S/C15H16N2O6S/c1-17(2)11-7-3-6-10-9(11)5-4-8-12(10)24(22,23)16-13(14(18)19)15(20)21/h3-8,13,16H,1-2H3,(H,18,19)(H,20,21). The van der Waals surface area contributed by atoms with Gasteiger partial charge in [-0.2, -0.15) is 4.72 Å². The fourth-order valence-electron chi connectivity index (χ4n) is 2.31. The molecule has 128 valence electrons. The Morgan fingerprint density at radius 2 is 1.54 bits per heavy atom. The highest BCUT2D eigenvalue weighted by atomic mass is 32.2. The number of rotatable bonds is 6. The number of hydrogen-bond acceptors (Lipinski definition) is 5. The third-order valence-corrected chi connectivity index (χ3v) is 4.88. The average Bonchev–Trinajstić information content (AvgIpc) is 2.50. The van der Waals surface area contributed by atoms with E-state index >= 15 is 0 Å². The van der Waals surface area contributed by atoms with E-state index in [4.69, 9.17) is 10.2 Å². The summed E-state index contributed by atoms with van der Waals surface area (Å²) in [5.74, 6) is -3.58. The molecular formula is C15H16N2O6S. The molecule has 0 atom stereocenters. The maximum Gasteiger partial charge on any atom is 0.333 e. The molecule has 2 aromatic rings. The summed E-state index contributed by atoms with van der Waals surface area (Å²) >= 11 is 0. The number of nitrogens with zero attached hydrogens (tertiary/aromatic N) is 1. The molecule has 0 saturated heterocycles. The van der Waals surface area contributed by atoms with Crippen molar-refractivity contribution in [2.24, 2.45) is 0 Å². The van der Waals surface area contributed by atoms with Crippen molar-refractivity contribution in [3.8, 4) is 0 Å². The molecule has 0 aliphatic heterocycles. The van der Waals surface area contributed by atoms with Crippen molar-refractivity contribution in [2.45, 2.75) is 10.9 Å². The Kier molecular flexibility index (Phi) is 4.76. The van der Waals surface area contributed by atoms with Crippen LogP contribution in [0.25, 0.3) is 10.8 Å². The van der Waals surface area contributed by atoms with Gasteiger partial charge in [0.2, 0.25) is 16.1 Å². The number of nitrogens with one attached hydrogen (secondary N) is 1. The third kappa shape index (κ3) is 3.31. The van der Waals surface area contributed by atoms with Gasteiger partial charge in [0, 0.05) is 30.6 Å². The number of anilines is 1. The van der Waals surface area contributed by atoms with Crippen LogP contribution >= 0.6 is 0 Å². The van der Waals surface area contributed by atoms with Crippen LogP contribution in [0.1, 0.15) is 0 Å². The highest BCUT2D eigenvalue weighted by Crippen LogP contribution is 2.30. The van der Waals surface area contributed by atoms with Gasteiger partial charge in [0.1, 0.15) is 0 Å². The van der Waals surface area contributed by atoms with Crippen molar-refractivity contribution in [1.82, 2.24) is 4.72 Å². The normalized spacial score (nSPS) is 11.6. The minimum Gasteiger partial charge on any atom is -0.480 e. The van der Waals surface area contributed by atoms with Gasteiger partial charge in [-0.15, -0.1) is 0 Å². The second-order valence-electron chi connectivity index (χ2n) is 5.25. The van der Waals surface area contributed by atoms with Crippen LogP contribution in [-0.2, 0) is 19.6 Å². The minimum atomic E-state index is -4.35. The number of carbonyl (C=O) groups is 2. The summed E-state index contributed by atoms with van der Waals surface area (Å²) in [5.41, 5.74) is 0.776. The minimum absolute atomic E-state index is 0.184. The van der Waals surface area contributed by atoms with Crippen LogP contribution in [0, 0.1) is 0 Å². The first-order chi connectivity index (χ1) is 11.1. The Morgan fingerprint density at radius 3 is 2.08 bits per heavy atom. The lowest BCUT2D eigenvalue weighted by atomic mass is 10.1. The van der Waals surface area contributed by atoms with Crippen LogP contribution in [0.3, 0.4) is 0 Å². The van der Waals surface area contributed by atoms with Crippen molar-refractivity contribution in [3.05, 3.63) is 36.4 Å². The highest BCUT2D eigenvalue weighted by molar-refractivity contribution is 7.89. The molecule has 0 unspecified atom stereocenters. The van der Waals surface area contributed by atoms with Crippen molar-refractivity contribution in [3.63, 3.8) is 0 Å². The van der Waals surface area contributed by atoms with Crippen LogP contribution in [0.5, 0.6) is 0 Å². The summed E-state index contributed by atoms with van der Waals surface area (Å²) < 4.78 is 26.7. The van der Waals surface area contributed by atoms with Gasteiger partial charge in [0.15, 0.2) is 0 Å². The van der Waals surface area contributed by atoms with Gasteiger partial charge in [-0.3, -0.25) is 0 Å². The van der Waals surface area contributed by atoms with Gasteiger partial charge in [0.05, 0.1) is 4.90 Å². The lowest BCUT2D eigenvalue weighted by Gasteiger charge is -2.17. The fraction of sp³-hybridized carbons (Fsp3) is 0.200. The molecule has 0 heterocycles. The molecule has 8 nitrogen and oxygen atoms in total. The molecular weight excluding hydrogens is 336 g/mol. The Labute approximate surface area is 138 Å². The molecule has 0 amide bonds. The second-order valence-corrected chi connectivity index (χ2v) is 6.94. The molecule has 3 N–H and O–H groups in total. The Balaban J connectivity index is 2.61. The Morgan fingerprint density at radius 1 is 1.00 bits per heavy atom. The van der Waals surface area contributed by atoms with Gasteiger partial charge in [-0.25, -0.2) is 18.0 Å². The first-order valence-corrected chi connectivity index (χ1v) is 8.30. The van der Waals surface area contributed by atoms with E-state index in [0.717, 1.165) is 5.69 Å². The predicted octanol–water partition coefficient (Wildman–Crippen LogP) is 0.722. The average molecular weight is 352 g/mol. The van der Waals surface area contributed by atoms with Gasteiger partial charge in [-0.1, -0.05) is 24.3 Å². The first-order valence-electron chi connectivity index (χ1n) is 6.82. The van der Waals surface area contributed by atoms with E-state index in [-0.39, 0.29) is 4.90 Å². The number of benzene rings is 2. The first kappa shape index (κ1) is 17.7. The van der Waals surface area contributed by atoms with Gasteiger partial charge in [0.25, 0.3) is 0 Å². The van der Waals surface area contributed by atoms with Crippen LogP contribution in [-0.4, -0.2) is 50.7 Å². The SMILES string of the molecule is CN(C)c1cccc2c(S(=O)(=O)NC(C(=O)O)C(=O)O)cccc12. The Hall–Kier alpha value is -2.65. The smallest absolute Gasteiger partial charge is 0.333 e. The lowest BCUT2D eigenvalue weighted by Crippen LogP contribution is -2.46. The zero-order valence-corrected chi connectivity index (χ0v) is 13.7. The van der Waals surface area contributed by atoms with Crippen LogP contribution < -0.4 is 9.62 Å². The second kappa shape index (κ2) is 6.46. The molecule has 24 heavy (non-hydrogen) atoms. The number of carboxylic acid groups (broad SMARTS) is 2. The summed E-state index contributed by atoms with van der Waals surface area (Å²) in [4.78, 5) is 23.5.